The molecule has 1 aromatic heterocycles. The van der Waals surface area contributed by atoms with Crippen molar-refractivity contribution in [2.24, 2.45) is 0 Å². The summed E-state index contributed by atoms with van der Waals surface area (Å²) in [7, 11) is 1.44. The summed E-state index contributed by atoms with van der Waals surface area (Å²) in [6.45, 7) is 3.19. The van der Waals surface area contributed by atoms with Crippen molar-refractivity contribution < 1.29 is 46.1 Å². The first kappa shape index (κ1) is 30.8. The zero-order chi connectivity index (χ0) is 32.0. The van der Waals surface area contributed by atoms with Crippen LogP contribution in [-0.4, -0.2) is 51.9 Å². The molecule has 0 saturated carbocycles. The molecule has 1 saturated heterocycles. The molecule has 3 heterocycles. The van der Waals surface area contributed by atoms with E-state index < -0.39 is 41.7 Å². The highest BCUT2D eigenvalue weighted by Crippen LogP contribution is 2.42. The molecule has 4 aromatic rings. The minimum atomic E-state index is -4.71. The van der Waals surface area contributed by atoms with Gasteiger partial charge in [0.1, 0.15) is 41.1 Å². The monoisotopic (exact) mass is 631 g/mol. The number of hydrogen-bond donors (Lipinski definition) is 1. The Bertz CT molecular complexity index is 1770. The summed E-state index contributed by atoms with van der Waals surface area (Å²) in [6.07, 6.45) is -3.61. The van der Waals surface area contributed by atoms with Gasteiger partial charge in [0, 0.05) is 30.8 Å². The fourth-order valence-corrected chi connectivity index (χ4v) is 5.91. The number of hydrogen-bond acceptors (Lipinski definition) is 6. The van der Waals surface area contributed by atoms with Crippen molar-refractivity contribution in [1.29, 1.82) is 0 Å². The minimum absolute atomic E-state index is 0.0513. The van der Waals surface area contributed by atoms with Crippen LogP contribution in [0.2, 0.25) is 0 Å². The third kappa shape index (κ3) is 6.06. The van der Waals surface area contributed by atoms with Crippen LogP contribution >= 0.6 is 0 Å². The molecule has 0 bridgehead atoms. The van der Waals surface area contributed by atoms with Crippen LogP contribution in [0.15, 0.2) is 42.5 Å². The fraction of sp³-hybridized carbons (Fsp3) is 0.375. The fourth-order valence-electron chi connectivity index (χ4n) is 5.91. The Kier molecular flexibility index (Phi) is 8.16. The van der Waals surface area contributed by atoms with Crippen LogP contribution in [0.3, 0.4) is 0 Å². The van der Waals surface area contributed by atoms with Gasteiger partial charge in [0.05, 0.1) is 42.9 Å². The predicted octanol–water partition coefficient (Wildman–Crippen LogP) is 6.53. The second kappa shape index (κ2) is 11.9. The summed E-state index contributed by atoms with van der Waals surface area (Å²) in [5.74, 6) is -2.32. The van der Waals surface area contributed by atoms with E-state index in [1.54, 1.807) is 6.07 Å². The smallest absolute Gasteiger partial charge is 0.419 e. The van der Waals surface area contributed by atoms with E-state index in [2.05, 4.69) is 4.90 Å². The van der Waals surface area contributed by atoms with E-state index in [0.29, 0.717) is 72.5 Å². The summed E-state index contributed by atoms with van der Waals surface area (Å²) in [5.41, 5.74) is 1.24. The minimum Gasteiger partial charge on any atom is -0.494 e. The molecule has 13 heteroatoms. The maximum atomic E-state index is 14.2. The molecule has 45 heavy (non-hydrogen) atoms. The van der Waals surface area contributed by atoms with Gasteiger partial charge in [0.15, 0.2) is 0 Å². The summed E-state index contributed by atoms with van der Waals surface area (Å²) < 4.78 is 88.4. The van der Waals surface area contributed by atoms with Gasteiger partial charge in [-0.2, -0.15) is 13.2 Å². The largest absolute Gasteiger partial charge is 0.494 e. The molecule has 0 unspecified atom stereocenters. The topological polar surface area (TPSA) is 86.0 Å². The van der Waals surface area contributed by atoms with Crippen LogP contribution in [0.25, 0.3) is 11.0 Å². The Morgan fingerprint density at radius 3 is 2.56 bits per heavy atom. The zero-order valence-corrected chi connectivity index (χ0v) is 24.5. The van der Waals surface area contributed by atoms with Crippen LogP contribution in [0.1, 0.15) is 57.8 Å². The molecule has 238 valence electrons. The van der Waals surface area contributed by atoms with Crippen LogP contribution in [-0.2, 0) is 37.0 Å². The lowest BCUT2D eigenvalue weighted by Crippen LogP contribution is -2.36. The molecule has 2 atom stereocenters. The van der Waals surface area contributed by atoms with Gasteiger partial charge >= 0.3 is 12.1 Å². The van der Waals surface area contributed by atoms with Crippen molar-refractivity contribution in [2.45, 2.75) is 57.8 Å². The van der Waals surface area contributed by atoms with Crippen molar-refractivity contribution in [1.82, 2.24) is 14.5 Å². The Balaban J connectivity index is 1.33. The molecular formula is C32H30F5N3O5. The number of carbonyl (C=O) groups is 1. The number of fused-ring (bicyclic) bond motifs is 2. The normalized spacial score (nSPS) is 18.5. The molecule has 0 spiro atoms. The maximum absolute atomic E-state index is 14.2. The Morgan fingerprint density at radius 2 is 1.91 bits per heavy atom. The number of aromatic nitrogens is 2. The predicted molar refractivity (Wildman–Crippen MR) is 152 cm³/mol. The average molecular weight is 632 g/mol. The van der Waals surface area contributed by atoms with Gasteiger partial charge < -0.3 is 23.9 Å². The highest BCUT2D eigenvalue weighted by atomic mass is 19.4. The van der Waals surface area contributed by atoms with Gasteiger partial charge in [0.25, 0.3) is 0 Å². The first-order valence-electron chi connectivity index (χ1n) is 14.4. The molecule has 3 aromatic carbocycles. The molecule has 2 aliphatic rings. The summed E-state index contributed by atoms with van der Waals surface area (Å²) in [5, 5.41) is 9.68. The first-order chi connectivity index (χ1) is 21.4. The van der Waals surface area contributed by atoms with Gasteiger partial charge in [-0.05, 0) is 67.3 Å². The van der Waals surface area contributed by atoms with Crippen molar-refractivity contribution in [3.8, 4) is 11.5 Å². The van der Waals surface area contributed by atoms with E-state index in [1.165, 1.54) is 19.2 Å². The number of carboxylic acid groups (broad SMARTS) is 1. The number of halogens is 5. The Morgan fingerprint density at radius 1 is 1.13 bits per heavy atom. The third-order valence-corrected chi connectivity index (χ3v) is 8.50. The van der Waals surface area contributed by atoms with Crippen LogP contribution in [0, 0.1) is 11.6 Å². The van der Waals surface area contributed by atoms with Crippen molar-refractivity contribution in [3.05, 3.63) is 87.7 Å². The van der Waals surface area contributed by atoms with Crippen molar-refractivity contribution >= 4 is 17.0 Å². The van der Waals surface area contributed by atoms with E-state index in [1.807, 2.05) is 11.5 Å². The standard InChI is InChI=1S/C32H30F5N3O5/c1-17-23-13-27(45-16-19-3-4-21(33)12-25(19)34)24(32(35,36)37)9-18(23)5-7-39(17)15-29-38-30-26(40(29)14-22-6-8-44-22)10-20(31(41)42)11-28(30)43-2/h3-4,9-13,17,22H,5-8,14-16H2,1-2H3,(H,41,42)/t17-,22-/m0/s1. The molecule has 0 amide bonds. The number of rotatable bonds is 9. The number of ether oxygens (including phenoxy) is 3. The molecule has 8 nitrogen and oxygen atoms in total. The Hall–Kier alpha value is -4.23. The third-order valence-electron chi connectivity index (χ3n) is 8.50. The molecule has 6 rings (SSSR count). The highest BCUT2D eigenvalue weighted by molar-refractivity contribution is 5.95. The molecule has 2 aliphatic heterocycles. The summed E-state index contributed by atoms with van der Waals surface area (Å²) in [6, 6.07) is 7.85. The SMILES string of the molecule is COc1cc(C(=O)O)cc2c1nc(CN1CCc3cc(C(F)(F)F)c(OCc4ccc(F)cc4F)cc3[C@@H]1C)n2C[C@@H]1CCO1. The highest BCUT2D eigenvalue weighted by Gasteiger charge is 2.37. The summed E-state index contributed by atoms with van der Waals surface area (Å²) in [4.78, 5) is 18.7. The number of nitrogens with zero attached hydrogens (tertiary/aromatic N) is 3. The van der Waals surface area contributed by atoms with Gasteiger partial charge in [-0.1, -0.05) is 0 Å². The van der Waals surface area contributed by atoms with Gasteiger partial charge in [0.2, 0.25) is 0 Å². The number of methoxy groups -OCH3 is 1. The molecule has 1 fully saturated rings. The number of aromatic carboxylic acids is 1. The van der Waals surface area contributed by atoms with E-state index in [0.717, 1.165) is 24.6 Å². The first-order valence-corrected chi connectivity index (χ1v) is 14.4. The number of imidazole rings is 1. The quantitative estimate of drug-likeness (QED) is 0.210. The maximum Gasteiger partial charge on any atom is 0.419 e. The average Bonchev–Trinajstić information content (AvgIpc) is 3.31. The van der Waals surface area contributed by atoms with Gasteiger partial charge in [-0.25, -0.2) is 18.6 Å². The molecule has 0 aliphatic carbocycles. The van der Waals surface area contributed by atoms with Crippen molar-refractivity contribution in [2.75, 3.05) is 20.3 Å². The van der Waals surface area contributed by atoms with E-state index in [-0.39, 0.29) is 23.3 Å². The molecule has 1 N–H and O–H groups in total. The van der Waals surface area contributed by atoms with Gasteiger partial charge in [-0.3, -0.25) is 4.90 Å². The second-order valence-electron chi connectivity index (χ2n) is 11.2. The van der Waals surface area contributed by atoms with Crippen LogP contribution in [0.5, 0.6) is 11.5 Å². The number of benzene rings is 3. The Labute approximate surface area is 254 Å². The van der Waals surface area contributed by atoms with E-state index in [4.69, 9.17) is 19.2 Å². The number of carboxylic acids is 1. The van der Waals surface area contributed by atoms with Gasteiger partial charge in [-0.15, -0.1) is 0 Å². The second-order valence-corrected chi connectivity index (χ2v) is 11.2. The lowest BCUT2D eigenvalue weighted by atomic mass is 9.91. The lowest BCUT2D eigenvalue weighted by molar-refractivity contribution is -0.139. The zero-order valence-electron chi connectivity index (χ0n) is 24.5. The molecule has 0 radical (unpaired) electrons. The summed E-state index contributed by atoms with van der Waals surface area (Å²) >= 11 is 0. The van der Waals surface area contributed by atoms with Crippen LogP contribution < -0.4 is 9.47 Å². The van der Waals surface area contributed by atoms with E-state index in [9.17, 15) is 31.9 Å². The van der Waals surface area contributed by atoms with Crippen LogP contribution in [0.4, 0.5) is 22.0 Å². The lowest BCUT2D eigenvalue weighted by Gasteiger charge is -2.36. The van der Waals surface area contributed by atoms with Crippen molar-refractivity contribution in [3.63, 3.8) is 0 Å². The molecular weight excluding hydrogens is 601 g/mol. The van der Waals surface area contributed by atoms with E-state index >= 15 is 0 Å². The number of alkyl halides is 3.